The van der Waals surface area contributed by atoms with Crippen molar-refractivity contribution in [2.24, 2.45) is 0 Å². The van der Waals surface area contributed by atoms with E-state index in [1.54, 1.807) is 4.90 Å². The second-order valence-corrected chi connectivity index (χ2v) is 7.56. The highest BCUT2D eigenvalue weighted by molar-refractivity contribution is 7.12. The number of ether oxygens (including phenoxy) is 1. The highest BCUT2D eigenvalue weighted by Gasteiger charge is 2.25. The normalized spacial score (nSPS) is 15.9. The summed E-state index contributed by atoms with van der Waals surface area (Å²) < 4.78 is 4.77. The first-order valence-electron chi connectivity index (χ1n) is 9.09. The van der Waals surface area contributed by atoms with Gasteiger partial charge in [-0.05, 0) is 31.2 Å². The number of hydrogen-bond acceptors (Lipinski definition) is 6. The maximum absolute atomic E-state index is 12.6. The molecule has 1 aromatic rings. The van der Waals surface area contributed by atoms with Crippen LogP contribution in [0.4, 0.5) is 10.5 Å². The fourth-order valence-electron chi connectivity index (χ4n) is 2.76. The summed E-state index contributed by atoms with van der Waals surface area (Å²) in [7, 11) is 1.32. The number of carbonyl (C=O) groups is 3. The molecule has 0 saturated carbocycles. The van der Waals surface area contributed by atoms with Gasteiger partial charge in [-0.3, -0.25) is 9.69 Å². The zero-order valence-corrected chi connectivity index (χ0v) is 17.1. The quantitative estimate of drug-likeness (QED) is 0.717. The Morgan fingerprint density at radius 1 is 1.26 bits per heavy atom. The Labute approximate surface area is 163 Å². The van der Waals surface area contributed by atoms with Gasteiger partial charge in [0.05, 0.1) is 19.3 Å². The molecule has 1 saturated heterocycles. The molecule has 0 aliphatic carbocycles. The molecule has 2 N–H and O–H groups in total. The Kier molecular flexibility index (Phi) is 7.61. The molecule has 1 atom stereocenters. The number of carbonyl (C=O) groups excluding carboxylic acids is 3. The number of aryl methyl sites for hydroxylation is 1. The van der Waals surface area contributed by atoms with Gasteiger partial charge in [0.1, 0.15) is 4.88 Å². The number of esters is 1. The zero-order chi connectivity index (χ0) is 20.0. The lowest BCUT2D eigenvalue weighted by Crippen LogP contribution is -2.52. The van der Waals surface area contributed by atoms with Gasteiger partial charge in [0.15, 0.2) is 0 Å². The molecule has 0 unspecified atom stereocenters. The largest absolute Gasteiger partial charge is 0.465 e. The molecule has 150 valence electrons. The fraction of sp³-hybridized carbons (Fsp3) is 0.611. The Balaban J connectivity index is 1.86. The monoisotopic (exact) mass is 396 g/mol. The maximum atomic E-state index is 12.6. The second kappa shape index (κ2) is 9.70. The minimum absolute atomic E-state index is 0.0128. The molecule has 0 spiro atoms. The summed E-state index contributed by atoms with van der Waals surface area (Å²) in [5.74, 6) is -0.445. The predicted octanol–water partition coefficient (Wildman–Crippen LogP) is 1.91. The van der Waals surface area contributed by atoms with Gasteiger partial charge in [-0.15, -0.1) is 11.3 Å². The van der Waals surface area contributed by atoms with Crippen LogP contribution in [0.15, 0.2) is 5.38 Å². The van der Waals surface area contributed by atoms with Gasteiger partial charge in [0.2, 0.25) is 5.91 Å². The Bertz CT molecular complexity index is 683. The van der Waals surface area contributed by atoms with Crippen molar-refractivity contribution in [2.45, 2.75) is 33.2 Å². The molecule has 2 rings (SSSR count). The molecule has 8 nitrogen and oxygen atoms in total. The lowest BCUT2D eigenvalue weighted by atomic mass is 10.2. The number of piperazine rings is 1. The molecular weight excluding hydrogens is 368 g/mol. The number of thiophene rings is 1. The predicted molar refractivity (Wildman–Crippen MR) is 105 cm³/mol. The molecular formula is C18H28N4O4S. The molecule has 9 heteroatoms. The van der Waals surface area contributed by atoms with Crippen LogP contribution in [0.25, 0.3) is 0 Å². The van der Waals surface area contributed by atoms with E-state index in [4.69, 9.17) is 4.74 Å². The highest BCUT2D eigenvalue weighted by Crippen LogP contribution is 2.28. The van der Waals surface area contributed by atoms with Crippen molar-refractivity contribution in [3.63, 3.8) is 0 Å². The number of rotatable bonds is 6. The van der Waals surface area contributed by atoms with Gasteiger partial charge in [-0.1, -0.05) is 6.92 Å². The van der Waals surface area contributed by atoms with Crippen molar-refractivity contribution in [2.75, 3.05) is 45.2 Å². The topological polar surface area (TPSA) is 91.0 Å². The molecule has 3 amide bonds. The van der Waals surface area contributed by atoms with E-state index in [1.807, 2.05) is 31.1 Å². The first kappa shape index (κ1) is 21.2. The molecule has 1 fully saturated rings. The Morgan fingerprint density at radius 2 is 1.93 bits per heavy atom. The first-order valence-corrected chi connectivity index (χ1v) is 9.97. The molecule has 0 bridgehead atoms. The van der Waals surface area contributed by atoms with Crippen LogP contribution in [-0.4, -0.2) is 73.6 Å². The summed E-state index contributed by atoms with van der Waals surface area (Å²) >= 11 is 1.25. The van der Waals surface area contributed by atoms with Gasteiger partial charge in [0.25, 0.3) is 0 Å². The van der Waals surface area contributed by atoms with Gasteiger partial charge >= 0.3 is 12.0 Å². The smallest absolute Gasteiger partial charge is 0.350 e. The van der Waals surface area contributed by atoms with Crippen LogP contribution in [0, 0.1) is 6.92 Å². The molecule has 1 aliphatic rings. The van der Waals surface area contributed by atoms with Gasteiger partial charge in [-0.25, -0.2) is 9.59 Å². The number of urea groups is 1. The lowest BCUT2D eigenvalue weighted by Gasteiger charge is -2.34. The maximum Gasteiger partial charge on any atom is 0.350 e. The van der Waals surface area contributed by atoms with Gasteiger partial charge in [-0.2, -0.15) is 0 Å². The summed E-state index contributed by atoms with van der Waals surface area (Å²) in [5.41, 5.74) is 1.33. The lowest BCUT2D eigenvalue weighted by molar-refractivity contribution is -0.123. The Morgan fingerprint density at radius 3 is 2.52 bits per heavy atom. The minimum Gasteiger partial charge on any atom is -0.465 e. The molecule has 0 aromatic carbocycles. The average molecular weight is 397 g/mol. The number of methoxy groups -OCH3 is 1. The number of nitrogens with zero attached hydrogens (tertiary/aromatic N) is 2. The SMILES string of the molecule is CC[C@@H](C)NC(=O)CN1CCN(C(=O)Nc2c(C)csc2C(=O)OC)CC1. The number of anilines is 1. The minimum atomic E-state index is -0.458. The van der Waals surface area contributed by atoms with Crippen molar-refractivity contribution >= 4 is 34.9 Å². The van der Waals surface area contributed by atoms with Crippen LogP contribution in [0.5, 0.6) is 0 Å². The number of hydrogen-bond donors (Lipinski definition) is 2. The Hall–Kier alpha value is -2.13. The second-order valence-electron chi connectivity index (χ2n) is 6.68. The van der Waals surface area contributed by atoms with E-state index in [0.717, 1.165) is 12.0 Å². The molecule has 0 radical (unpaired) electrons. The van der Waals surface area contributed by atoms with Crippen LogP contribution in [0.1, 0.15) is 35.5 Å². The molecule has 1 aliphatic heterocycles. The first-order chi connectivity index (χ1) is 12.8. The number of nitrogens with one attached hydrogen (secondary N) is 2. The van der Waals surface area contributed by atoms with E-state index in [0.29, 0.717) is 43.3 Å². The third-order valence-corrected chi connectivity index (χ3v) is 5.70. The van der Waals surface area contributed by atoms with Crippen molar-refractivity contribution in [3.05, 3.63) is 15.8 Å². The van der Waals surface area contributed by atoms with Crippen LogP contribution >= 0.6 is 11.3 Å². The average Bonchev–Trinajstić information content (AvgIpc) is 3.01. The summed E-state index contributed by atoms with van der Waals surface area (Å²) in [6.45, 7) is 8.51. The number of amides is 3. The molecule has 27 heavy (non-hydrogen) atoms. The van der Waals surface area contributed by atoms with Crippen molar-refractivity contribution in [1.82, 2.24) is 15.1 Å². The van der Waals surface area contributed by atoms with Gasteiger partial charge < -0.3 is 20.3 Å². The van der Waals surface area contributed by atoms with Crippen molar-refractivity contribution < 1.29 is 19.1 Å². The molecule has 2 heterocycles. The van der Waals surface area contributed by atoms with E-state index in [2.05, 4.69) is 10.6 Å². The summed E-state index contributed by atoms with van der Waals surface area (Å²) in [6.07, 6.45) is 0.898. The summed E-state index contributed by atoms with van der Waals surface area (Å²) in [4.78, 5) is 40.5. The van der Waals surface area contributed by atoms with E-state index >= 15 is 0 Å². The molecule has 1 aromatic heterocycles. The van der Waals surface area contributed by atoms with Crippen LogP contribution < -0.4 is 10.6 Å². The van der Waals surface area contributed by atoms with Crippen LogP contribution in [-0.2, 0) is 9.53 Å². The van der Waals surface area contributed by atoms with E-state index < -0.39 is 5.97 Å². The third kappa shape index (κ3) is 5.67. The van der Waals surface area contributed by atoms with E-state index in [-0.39, 0.29) is 18.0 Å². The standard InChI is InChI=1S/C18H28N4O4S/c1-5-13(3)19-14(23)10-21-6-8-22(9-7-21)18(25)20-15-12(2)11-27-16(15)17(24)26-4/h11,13H,5-10H2,1-4H3,(H,19,23)(H,20,25)/t13-/m1/s1. The van der Waals surface area contributed by atoms with E-state index in [1.165, 1.54) is 18.4 Å². The zero-order valence-electron chi connectivity index (χ0n) is 16.3. The van der Waals surface area contributed by atoms with Crippen LogP contribution in [0.3, 0.4) is 0 Å². The highest BCUT2D eigenvalue weighted by atomic mass is 32.1. The fourth-order valence-corrected chi connectivity index (χ4v) is 3.69. The van der Waals surface area contributed by atoms with Crippen molar-refractivity contribution in [1.29, 1.82) is 0 Å². The van der Waals surface area contributed by atoms with Crippen LogP contribution in [0.2, 0.25) is 0 Å². The summed E-state index contributed by atoms with van der Waals surface area (Å²) in [5, 5.41) is 7.60. The van der Waals surface area contributed by atoms with E-state index in [9.17, 15) is 14.4 Å². The van der Waals surface area contributed by atoms with Crippen molar-refractivity contribution in [3.8, 4) is 0 Å². The van der Waals surface area contributed by atoms with Gasteiger partial charge in [0, 0.05) is 32.2 Å². The third-order valence-electron chi connectivity index (χ3n) is 4.62. The summed E-state index contributed by atoms with van der Waals surface area (Å²) in [6, 6.07) is -0.0761.